The first-order valence-electron chi connectivity index (χ1n) is 8.00. The highest BCUT2D eigenvalue weighted by atomic mass is 32.2. The molecule has 1 atom stereocenters. The zero-order chi connectivity index (χ0) is 18.2. The third-order valence-corrected chi connectivity index (χ3v) is 4.38. The van der Waals surface area contributed by atoms with Crippen LogP contribution in [0.5, 0.6) is 0 Å². The van der Waals surface area contributed by atoms with Crippen molar-refractivity contribution in [3.05, 3.63) is 46.2 Å². The minimum absolute atomic E-state index is 0.0475. The maximum Gasteiger partial charge on any atom is 0.319 e. The second kappa shape index (κ2) is 9.04. The lowest BCUT2D eigenvalue weighted by atomic mass is 10.1. The van der Waals surface area contributed by atoms with Crippen LogP contribution in [-0.4, -0.2) is 27.8 Å². The van der Waals surface area contributed by atoms with Crippen molar-refractivity contribution in [3.63, 3.8) is 0 Å². The van der Waals surface area contributed by atoms with E-state index in [1.165, 1.54) is 0 Å². The van der Waals surface area contributed by atoms with E-state index >= 15 is 0 Å². The average molecular weight is 357 g/mol. The number of unbranched alkanes of at least 4 members (excludes halogenated alkanes) is 1. The number of benzene rings is 1. The fraction of sp³-hybridized carbons (Fsp3) is 0.333. The zero-order valence-corrected chi connectivity index (χ0v) is 14.9. The van der Waals surface area contributed by atoms with Crippen molar-refractivity contribution < 1.29 is 9.53 Å². The van der Waals surface area contributed by atoms with Gasteiger partial charge in [-0.1, -0.05) is 55.4 Å². The van der Waals surface area contributed by atoms with Crippen molar-refractivity contribution in [1.82, 2.24) is 9.97 Å². The summed E-state index contributed by atoms with van der Waals surface area (Å²) in [6.07, 6.45) is 1.76. The Morgan fingerprint density at radius 2 is 2.12 bits per heavy atom. The molecule has 1 aromatic carbocycles. The van der Waals surface area contributed by atoms with Gasteiger partial charge in [0.1, 0.15) is 16.9 Å². The van der Waals surface area contributed by atoms with Crippen molar-refractivity contribution in [3.8, 4) is 17.3 Å². The summed E-state index contributed by atoms with van der Waals surface area (Å²) in [5, 5.41) is 9.01. The van der Waals surface area contributed by atoms with E-state index in [2.05, 4.69) is 9.97 Å². The SMILES string of the molecule is CCCCOC(=O)[C@@H](C)Sc1nc(-c2ccccc2)c(C#N)c(=O)[nH]1. The van der Waals surface area contributed by atoms with E-state index in [0.29, 0.717) is 17.9 Å². The number of nitrogens with zero attached hydrogens (tertiary/aromatic N) is 2. The van der Waals surface area contributed by atoms with Gasteiger partial charge >= 0.3 is 5.97 Å². The first-order valence-corrected chi connectivity index (χ1v) is 8.88. The number of carbonyl (C=O) groups is 1. The molecule has 0 aliphatic rings. The maximum atomic E-state index is 12.2. The highest BCUT2D eigenvalue weighted by Gasteiger charge is 2.19. The molecule has 0 spiro atoms. The Labute approximate surface area is 150 Å². The van der Waals surface area contributed by atoms with Crippen LogP contribution in [-0.2, 0) is 9.53 Å². The van der Waals surface area contributed by atoms with Crippen LogP contribution in [0.1, 0.15) is 32.3 Å². The van der Waals surface area contributed by atoms with Gasteiger partial charge in [-0.05, 0) is 13.3 Å². The standard InChI is InChI=1S/C18H19N3O3S/c1-3-4-10-24-17(23)12(2)25-18-20-15(13-8-6-5-7-9-13)14(11-19)16(22)21-18/h5-9,12H,3-4,10H2,1-2H3,(H,20,21,22)/t12-/m1/s1. The van der Waals surface area contributed by atoms with Crippen molar-refractivity contribution in [2.24, 2.45) is 0 Å². The second-order valence-electron chi connectivity index (χ2n) is 5.35. The van der Waals surface area contributed by atoms with E-state index in [0.717, 1.165) is 24.6 Å². The molecular weight excluding hydrogens is 338 g/mol. The predicted molar refractivity (Wildman–Crippen MR) is 96.2 cm³/mol. The first-order chi connectivity index (χ1) is 12.1. The molecule has 6 nitrogen and oxygen atoms in total. The Balaban J connectivity index is 2.25. The van der Waals surface area contributed by atoms with Crippen LogP contribution >= 0.6 is 11.8 Å². The van der Waals surface area contributed by atoms with Crippen LogP contribution in [0.2, 0.25) is 0 Å². The fourth-order valence-corrected chi connectivity index (χ4v) is 2.86. The number of nitriles is 1. The molecule has 0 saturated carbocycles. The summed E-state index contributed by atoms with van der Waals surface area (Å²) < 4.78 is 5.17. The summed E-state index contributed by atoms with van der Waals surface area (Å²) in [5.74, 6) is -0.355. The van der Waals surface area contributed by atoms with E-state index in [-0.39, 0.29) is 16.7 Å². The lowest BCUT2D eigenvalue weighted by molar-refractivity contribution is -0.142. The number of carbonyl (C=O) groups excluding carboxylic acids is 1. The highest BCUT2D eigenvalue weighted by molar-refractivity contribution is 8.00. The lowest BCUT2D eigenvalue weighted by Gasteiger charge is -2.11. The quantitative estimate of drug-likeness (QED) is 0.354. The van der Waals surface area contributed by atoms with Gasteiger partial charge in [0.05, 0.1) is 12.3 Å². The molecule has 0 fully saturated rings. The fourth-order valence-electron chi connectivity index (χ4n) is 2.07. The number of rotatable bonds is 7. The van der Waals surface area contributed by atoms with E-state index in [4.69, 9.17) is 4.74 Å². The van der Waals surface area contributed by atoms with Crippen LogP contribution in [0.4, 0.5) is 0 Å². The van der Waals surface area contributed by atoms with E-state index in [1.807, 2.05) is 19.1 Å². The Hall–Kier alpha value is -2.59. The largest absolute Gasteiger partial charge is 0.465 e. The molecule has 0 saturated heterocycles. The molecule has 25 heavy (non-hydrogen) atoms. The molecule has 0 aliphatic heterocycles. The summed E-state index contributed by atoms with van der Waals surface area (Å²) in [6, 6.07) is 10.9. The van der Waals surface area contributed by atoms with Gasteiger partial charge in [-0.3, -0.25) is 9.59 Å². The molecule has 1 heterocycles. The molecule has 2 aromatic rings. The number of aromatic nitrogens is 2. The highest BCUT2D eigenvalue weighted by Crippen LogP contribution is 2.24. The summed E-state index contributed by atoms with van der Waals surface area (Å²) in [6.45, 7) is 4.09. The number of hydrogen-bond donors (Lipinski definition) is 1. The molecule has 0 unspecified atom stereocenters. The van der Waals surface area contributed by atoms with Gasteiger partial charge in [0.15, 0.2) is 5.16 Å². The minimum Gasteiger partial charge on any atom is -0.465 e. The van der Waals surface area contributed by atoms with Gasteiger partial charge < -0.3 is 9.72 Å². The molecule has 0 radical (unpaired) electrons. The summed E-state index contributed by atoms with van der Waals surface area (Å²) in [5.41, 5.74) is 0.408. The van der Waals surface area contributed by atoms with Crippen LogP contribution < -0.4 is 5.56 Å². The smallest absolute Gasteiger partial charge is 0.319 e. The number of ether oxygens (including phenoxy) is 1. The third-order valence-electron chi connectivity index (χ3n) is 3.42. The Kier molecular flexibility index (Phi) is 6.78. The molecule has 0 amide bonds. The number of aromatic amines is 1. The van der Waals surface area contributed by atoms with E-state index < -0.39 is 10.8 Å². The number of thioether (sulfide) groups is 1. The summed E-state index contributed by atoms with van der Waals surface area (Å²) in [4.78, 5) is 31.1. The normalized spacial score (nSPS) is 11.6. The van der Waals surface area contributed by atoms with Gasteiger partial charge in [-0.25, -0.2) is 4.98 Å². The van der Waals surface area contributed by atoms with E-state index in [1.54, 1.807) is 31.2 Å². The van der Waals surface area contributed by atoms with Gasteiger partial charge in [0.2, 0.25) is 0 Å². The van der Waals surface area contributed by atoms with Crippen LogP contribution in [0.25, 0.3) is 11.3 Å². The van der Waals surface area contributed by atoms with Crippen molar-refractivity contribution in [1.29, 1.82) is 5.26 Å². The van der Waals surface area contributed by atoms with E-state index in [9.17, 15) is 14.9 Å². The van der Waals surface area contributed by atoms with Crippen molar-refractivity contribution >= 4 is 17.7 Å². The second-order valence-corrected chi connectivity index (χ2v) is 6.68. The van der Waals surface area contributed by atoms with Crippen LogP contribution in [0.15, 0.2) is 40.3 Å². The molecule has 130 valence electrons. The van der Waals surface area contributed by atoms with Gasteiger partial charge in [0, 0.05) is 5.56 Å². The predicted octanol–water partition coefficient (Wildman–Crippen LogP) is 3.13. The lowest BCUT2D eigenvalue weighted by Crippen LogP contribution is -2.20. The third kappa shape index (κ3) is 4.94. The molecule has 2 rings (SSSR count). The van der Waals surface area contributed by atoms with Crippen molar-refractivity contribution in [2.45, 2.75) is 37.1 Å². The molecular formula is C18H19N3O3S. The molecule has 1 aromatic heterocycles. The van der Waals surface area contributed by atoms with Gasteiger partial charge in [-0.2, -0.15) is 5.26 Å². The van der Waals surface area contributed by atoms with Crippen molar-refractivity contribution in [2.75, 3.05) is 6.61 Å². The number of nitrogens with one attached hydrogen (secondary N) is 1. The monoisotopic (exact) mass is 357 g/mol. The summed E-state index contributed by atoms with van der Waals surface area (Å²) >= 11 is 1.10. The summed E-state index contributed by atoms with van der Waals surface area (Å²) in [7, 11) is 0. The minimum atomic E-state index is -0.523. The molecule has 1 N–H and O–H groups in total. The average Bonchev–Trinajstić information content (AvgIpc) is 2.62. The number of esters is 1. The van der Waals surface area contributed by atoms with Crippen LogP contribution in [0, 0.1) is 11.3 Å². The number of hydrogen-bond acceptors (Lipinski definition) is 6. The molecule has 7 heteroatoms. The Morgan fingerprint density at radius 1 is 1.40 bits per heavy atom. The molecule has 0 bridgehead atoms. The van der Waals surface area contributed by atoms with Gasteiger partial charge in [0.25, 0.3) is 5.56 Å². The van der Waals surface area contributed by atoms with Crippen LogP contribution in [0.3, 0.4) is 0 Å². The topological polar surface area (TPSA) is 95.8 Å². The molecule has 0 aliphatic carbocycles. The maximum absolute atomic E-state index is 12.2. The Bertz CT molecular complexity index is 828. The zero-order valence-electron chi connectivity index (χ0n) is 14.1. The number of H-pyrrole nitrogens is 1. The van der Waals surface area contributed by atoms with Gasteiger partial charge in [-0.15, -0.1) is 0 Å². The Morgan fingerprint density at radius 3 is 2.76 bits per heavy atom. The first kappa shape index (κ1) is 18.7.